The van der Waals surface area contributed by atoms with Gasteiger partial charge in [-0.1, -0.05) is 70.2 Å². The molecule has 0 fully saturated rings. The standard InChI is InChI=1S/C31H32N2O3/c1-30(2)14-15-31(3,4)25-17-26-23(16-24(25)30)28(21-10-12-22(13-11-21)29(35)36)32-18-27(34)33(26)19-20-8-6-5-7-9-20/h5-13,16-17H,14-15,18-19H2,1-4H3,(H,35,36). The Kier molecular flexibility index (Phi) is 5.82. The van der Waals surface area contributed by atoms with Gasteiger partial charge in [-0.25, -0.2) is 4.79 Å². The number of benzene rings is 3. The molecule has 0 spiro atoms. The molecule has 1 heterocycles. The summed E-state index contributed by atoms with van der Waals surface area (Å²) in [6.07, 6.45) is 2.16. The highest BCUT2D eigenvalue weighted by Crippen LogP contribution is 2.48. The van der Waals surface area contributed by atoms with Crippen molar-refractivity contribution in [2.24, 2.45) is 4.99 Å². The molecular weight excluding hydrogens is 448 g/mol. The lowest BCUT2D eigenvalue weighted by atomic mass is 9.62. The van der Waals surface area contributed by atoms with Gasteiger partial charge in [0.05, 0.1) is 23.5 Å². The number of carboxylic acids is 1. The molecule has 0 bridgehead atoms. The molecule has 0 unspecified atom stereocenters. The third-order valence-corrected chi connectivity index (χ3v) is 7.78. The largest absolute Gasteiger partial charge is 0.478 e. The van der Waals surface area contributed by atoms with Gasteiger partial charge in [0.2, 0.25) is 5.91 Å². The number of carbonyl (C=O) groups is 2. The lowest BCUT2D eigenvalue weighted by molar-refractivity contribution is -0.117. The Hall–Kier alpha value is -3.73. The van der Waals surface area contributed by atoms with Crippen molar-refractivity contribution in [1.29, 1.82) is 0 Å². The molecule has 5 heteroatoms. The zero-order valence-corrected chi connectivity index (χ0v) is 21.3. The van der Waals surface area contributed by atoms with Crippen LogP contribution in [0.3, 0.4) is 0 Å². The second kappa shape index (κ2) is 8.74. The van der Waals surface area contributed by atoms with Crippen molar-refractivity contribution in [3.8, 4) is 0 Å². The summed E-state index contributed by atoms with van der Waals surface area (Å²) in [5, 5.41) is 9.36. The van der Waals surface area contributed by atoms with Crippen LogP contribution < -0.4 is 4.90 Å². The summed E-state index contributed by atoms with van der Waals surface area (Å²) < 4.78 is 0. The fourth-order valence-electron chi connectivity index (χ4n) is 5.42. The number of carbonyl (C=O) groups excluding carboxylic acids is 1. The van der Waals surface area contributed by atoms with Crippen LogP contribution in [0.5, 0.6) is 0 Å². The lowest BCUT2D eigenvalue weighted by Gasteiger charge is -2.43. The van der Waals surface area contributed by atoms with Crippen molar-refractivity contribution in [3.05, 3.63) is 100 Å². The van der Waals surface area contributed by atoms with Crippen molar-refractivity contribution in [3.63, 3.8) is 0 Å². The first-order chi connectivity index (χ1) is 17.1. The molecule has 0 radical (unpaired) electrons. The molecule has 36 heavy (non-hydrogen) atoms. The average molecular weight is 481 g/mol. The average Bonchev–Trinajstić information content (AvgIpc) is 2.98. The first kappa shape index (κ1) is 24.0. The minimum Gasteiger partial charge on any atom is -0.478 e. The molecule has 2 aliphatic rings. The Labute approximate surface area is 212 Å². The third-order valence-electron chi connectivity index (χ3n) is 7.78. The molecule has 1 aliphatic carbocycles. The van der Waals surface area contributed by atoms with E-state index >= 15 is 0 Å². The number of anilines is 1. The molecule has 0 saturated heterocycles. The first-order valence-electron chi connectivity index (χ1n) is 12.5. The normalized spacial score (nSPS) is 18.1. The molecule has 0 aromatic heterocycles. The number of nitrogens with zero attached hydrogens (tertiary/aromatic N) is 2. The maximum atomic E-state index is 13.5. The number of hydrogen-bond donors (Lipinski definition) is 1. The van der Waals surface area contributed by atoms with E-state index in [1.165, 1.54) is 11.1 Å². The summed E-state index contributed by atoms with van der Waals surface area (Å²) in [6, 6.07) is 21.3. The summed E-state index contributed by atoms with van der Waals surface area (Å²) in [5.74, 6) is -1.02. The van der Waals surface area contributed by atoms with Crippen LogP contribution in [0, 0.1) is 0 Å². The van der Waals surface area contributed by atoms with Gasteiger partial charge in [0.15, 0.2) is 0 Å². The number of aliphatic imine (C=N–C) groups is 1. The van der Waals surface area contributed by atoms with E-state index in [2.05, 4.69) is 39.8 Å². The molecule has 1 aliphatic heterocycles. The molecule has 184 valence electrons. The predicted octanol–water partition coefficient (Wildman–Crippen LogP) is 6.12. The molecule has 5 nitrogen and oxygen atoms in total. The van der Waals surface area contributed by atoms with Crippen molar-refractivity contribution in [2.45, 2.75) is 57.9 Å². The lowest BCUT2D eigenvalue weighted by Crippen LogP contribution is -2.36. The van der Waals surface area contributed by atoms with Crippen LogP contribution in [0.4, 0.5) is 5.69 Å². The van der Waals surface area contributed by atoms with Crippen LogP contribution in [0.1, 0.15) is 78.7 Å². The smallest absolute Gasteiger partial charge is 0.335 e. The van der Waals surface area contributed by atoms with E-state index in [0.29, 0.717) is 6.54 Å². The second-order valence-corrected chi connectivity index (χ2v) is 11.2. The predicted molar refractivity (Wildman–Crippen MR) is 143 cm³/mol. The van der Waals surface area contributed by atoms with Crippen molar-refractivity contribution >= 4 is 23.3 Å². The van der Waals surface area contributed by atoms with E-state index in [1.54, 1.807) is 24.3 Å². The van der Waals surface area contributed by atoms with Gasteiger partial charge in [0.25, 0.3) is 0 Å². The number of aromatic carboxylic acids is 1. The number of fused-ring (bicyclic) bond motifs is 2. The van der Waals surface area contributed by atoms with Crippen LogP contribution in [-0.2, 0) is 22.2 Å². The van der Waals surface area contributed by atoms with E-state index in [0.717, 1.165) is 40.9 Å². The maximum Gasteiger partial charge on any atom is 0.335 e. The Bertz CT molecular complexity index is 1370. The number of rotatable bonds is 4. The summed E-state index contributed by atoms with van der Waals surface area (Å²) in [5.41, 5.74) is 7.18. The molecule has 5 rings (SSSR count). The minimum absolute atomic E-state index is 0.00126. The Morgan fingerprint density at radius 1 is 0.917 bits per heavy atom. The van der Waals surface area contributed by atoms with Gasteiger partial charge in [-0.15, -0.1) is 0 Å². The van der Waals surface area contributed by atoms with Gasteiger partial charge in [-0.3, -0.25) is 9.79 Å². The Balaban J connectivity index is 1.73. The first-order valence-corrected chi connectivity index (χ1v) is 12.5. The zero-order chi connectivity index (χ0) is 25.7. The fourth-order valence-corrected chi connectivity index (χ4v) is 5.42. The highest BCUT2D eigenvalue weighted by molar-refractivity contribution is 6.20. The topological polar surface area (TPSA) is 70.0 Å². The van der Waals surface area contributed by atoms with E-state index in [1.807, 2.05) is 35.2 Å². The fraction of sp³-hybridized carbons (Fsp3) is 0.323. The molecule has 0 saturated carbocycles. The number of hydrogen-bond acceptors (Lipinski definition) is 3. The third kappa shape index (κ3) is 4.23. The van der Waals surface area contributed by atoms with E-state index < -0.39 is 5.97 Å². The van der Waals surface area contributed by atoms with Crippen LogP contribution in [0.25, 0.3) is 0 Å². The van der Waals surface area contributed by atoms with E-state index in [4.69, 9.17) is 4.99 Å². The van der Waals surface area contributed by atoms with Crippen molar-refractivity contribution in [2.75, 3.05) is 11.4 Å². The highest BCUT2D eigenvalue weighted by atomic mass is 16.4. The molecule has 0 atom stereocenters. The second-order valence-electron chi connectivity index (χ2n) is 11.2. The summed E-state index contributed by atoms with van der Waals surface area (Å²) in [4.78, 5) is 31.6. The molecular formula is C31H32N2O3. The Morgan fingerprint density at radius 2 is 1.53 bits per heavy atom. The van der Waals surface area contributed by atoms with Crippen LogP contribution >= 0.6 is 0 Å². The maximum absolute atomic E-state index is 13.5. The SMILES string of the molecule is CC1(C)CCC(C)(C)c2cc3c(cc21)C(c1ccc(C(=O)O)cc1)=NCC(=O)N3Cc1ccccc1. The van der Waals surface area contributed by atoms with Gasteiger partial charge in [-0.2, -0.15) is 0 Å². The monoisotopic (exact) mass is 480 g/mol. The Morgan fingerprint density at radius 3 is 2.14 bits per heavy atom. The summed E-state index contributed by atoms with van der Waals surface area (Å²) >= 11 is 0. The molecule has 3 aromatic rings. The van der Waals surface area contributed by atoms with Crippen molar-refractivity contribution in [1.82, 2.24) is 0 Å². The molecule has 3 aromatic carbocycles. The minimum atomic E-state index is -0.966. The van der Waals surface area contributed by atoms with Gasteiger partial charge < -0.3 is 10.0 Å². The van der Waals surface area contributed by atoms with Crippen LogP contribution in [0.2, 0.25) is 0 Å². The quantitative estimate of drug-likeness (QED) is 0.489. The van der Waals surface area contributed by atoms with Crippen LogP contribution in [-0.4, -0.2) is 29.2 Å². The zero-order valence-electron chi connectivity index (χ0n) is 21.3. The molecule has 1 amide bonds. The molecule has 1 N–H and O–H groups in total. The summed E-state index contributed by atoms with van der Waals surface area (Å²) in [7, 11) is 0. The number of carboxylic acid groups (broad SMARTS) is 1. The van der Waals surface area contributed by atoms with E-state index in [9.17, 15) is 14.7 Å². The van der Waals surface area contributed by atoms with Crippen LogP contribution in [0.15, 0.2) is 71.7 Å². The highest BCUT2D eigenvalue weighted by Gasteiger charge is 2.39. The van der Waals surface area contributed by atoms with Gasteiger partial charge in [0, 0.05) is 11.1 Å². The van der Waals surface area contributed by atoms with Gasteiger partial charge in [-0.05, 0) is 64.6 Å². The van der Waals surface area contributed by atoms with Gasteiger partial charge >= 0.3 is 5.97 Å². The van der Waals surface area contributed by atoms with E-state index in [-0.39, 0.29) is 28.8 Å². The summed E-state index contributed by atoms with van der Waals surface area (Å²) in [6.45, 7) is 9.65. The van der Waals surface area contributed by atoms with Gasteiger partial charge in [0.1, 0.15) is 6.54 Å². The van der Waals surface area contributed by atoms with Crippen molar-refractivity contribution < 1.29 is 14.7 Å². The number of amides is 1.